The third kappa shape index (κ3) is 20.7. The minimum atomic E-state index is -0.250. The molecule has 162 valence electrons. The molecule has 0 radical (unpaired) electrons. The van der Waals surface area contributed by atoms with Gasteiger partial charge in [-0.05, 0) is 37.7 Å². The Morgan fingerprint density at radius 3 is 2.14 bits per heavy atom. The van der Waals surface area contributed by atoms with Gasteiger partial charge in [-0.1, -0.05) is 107 Å². The second kappa shape index (κ2) is 25.4. The van der Waals surface area contributed by atoms with Crippen LogP contribution in [-0.2, 0) is 11.2 Å². The number of carboxylic acid groups (broad SMARTS) is 1. The molecule has 0 atom stereocenters. The zero-order valence-corrected chi connectivity index (χ0v) is 18.5. The molecule has 1 aromatic rings. The van der Waals surface area contributed by atoms with Crippen LogP contribution in [0.25, 0.3) is 0 Å². The van der Waals surface area contributed by atoms with Crippen molar-refractivity contribution in [3.63, 3.8) is 0 Å². The Balaban J connectivity index is 0. The van der Waals surface area contributed by atoms with Crippen LogP contribution >= 0.6 is 0 Å². The number of allylic oxidation sites excluding steroid dienone is 2. The van der Waals surface area contributed by atoms with Crippen LogP contribution < -0.4 is 0 Å². The van der Waals surface area contributed by atoms with E-state index in [1.54, 1.807) is 0 Å². The molecule has 3 heteroatoms. The molecule has 0 heterocycles. The Kier molecular flexibility index (Phi) is 25.9. The Labute approximate surface area is 173 Å². The number of aliphatic hydroxyl groups excluding tert-OH is 1. The molecule has 2 N–H and O–H groups in total. The lowest BCUT2D eigenvalue weighted by atomic mass is 9.98. The molecule has 0 aromatic heterocycles. The minimum Gasteiger partial charge on any atom is -0.483 e. The number of carbonyl (C=O) groups is 1. The predicted molar refractivity (Wildman–Crippen MR) is 122 cm³/mol. The summed E-state index contributed by atoms with van der Waals surface area (Å²) >= 11 is 0. The summed E-state index contributed by atoms with van der Waals surface area (Å²) < 4.78 is 0. The first-order valence-electron chi connectivity index (χ1n) is 11.0. The average Bonchev–Trinajstić information content (AvgIpc) is 3.25. The predicted octanol–water partition coefficient (Wildman–Crippen LogP) is 7.04. The van der Waals surface area contributed by atoms with Crippen LogP contribution in [-0.4, -0.2) is 23.8 Å². The van der Waals surface area contributed by atoms with Gasteiger partial charge in [-0.3, -0.25) is 4.79 Å². The Morgan fingerprint density at radius 1 is 1.00 bits per heavy atom. The van der Waals surface area contributed by atoms with Crippen LogP contribution in [0.1, 0.15) is 90.0 Å². The lowest BCUT2D eigenvalue weighted by Gasteiger charge is -2.07. The van der Waals surface area contributed by atoms with Crippen LogP contribution in [0.15, 0.2) is 42.5 Å². The Morgan fingerprint density at radius 2 is 1.61 bits per heavy atom. The van der Waals surface area contributed by atoms with E-state index in [4.69, 9.17) is 15.0 Å². The van der Waals surface area contributed by atoms with E-state index < -0.39 is 0 Å². The van der Waals surface area contributed by atoms with Crippen LogP contribution in [0.5, 0.6) is 0 Å². The van der Waals surface area contributed by atoms with Crippen molar-refractivity contribution in [2.24, 2.45) is 5.92 Å². The summed E-state index contributed by atoms with van der Waals surface area (Å²) in [5.41, 5.74) is 1.50. The van der Waals surface area contributed by atoms with Gasteiger partial charge in [-0.25, -0.2) is 0 Å². The molecule has 1 fully saturated rings. The minimum absolute atomic E-state index is 0.250. The van der Waals surface area contributed by atoms with Gasteiger partial charge >= 0.3 is 0 Å². The summed E-state index contributed by atoms with van der Waals surface area (Å²) in [7, 11) is 1.00. The van der Waals surface area contributed by atoms with Crippen molar-refractivity contribution in [1.82, 2.24) is 0 Å². The van der Waals surface area contributed by atoms with Gasteiger partial charge in [0.25, 0.3) is 6.47 Å². The first-order valence-corrected chi connectivity index (χ1v) is 11.0. The van der Waals surface area contributed by atoms with Crippen molar-refractivity contribution in [2.75, 3.05) is 7.11 Å². The normalized spacial score (nSPS) is 12.9. The zero-order chi connectivity index (χ0) is 21.3. The van der Waals surface area contributed by atoms with E-state index in [1.165, 1.54) is 82.6 Å². The molecule has 0 spiro atoms. The third-order valence-electron chi connectivity index (χ3n) is 4.86. The monoisotopic (exact) mass is 392 g/mol. The van der Waals surface area contributed by atoms with Crippen LogP contribution in [0.2, 0.25) is 0 Å². The van der Waals surface area contributed by atoms with Gasteiger partial charge in [0.2, 0.25) is 0 Å². The lowest BCUT2D eigenvalue weighted by Crippen LogP contribution is -1.93. The van der Waals surface area contributed by atoms with Crippen molar-refractivity contribution >= 4 is 6.47 Å². The van der Waals surface area contributed by atoms with E-state index in [1.807, 2.05) is 0 Å². The van der Waals surface area contributed by atoms with E-state index in [9.17, 15) is 0 Å². The van der Waals surface area contributed by atoms with E-state index >= 15 is 0 Å². The first kappa shape index (κ1) is 28.6. The SMILES string of the molecule is C/C=C\CCCC.CO.O=CO.c1ccc(CCCCCC2CCCC2)cc1. The summed E-state index contributed by atoms with van der Waals surface area (Å²) in [5, 5.41) is 13.9. The van der Waals surface area contributed by atoms with Crippen molar-refractivity contribution in [3.8, 4) is 0 Å². The second-order valence-corrected chi connectivity index (χ2v) is 7.05. The maximum Gasteiger partial charge on any atom is 0.290 e. The molecule has 2 rings (SSSR count). The second-order valence-electron chi connectivity index (χ2n) is 7.05. The molecule has 1 saturated carbocycles. The van der Waals surface area contributed by atoms with Crippen molar-refractivity contribution in [2.45, 2.75) is 90.9 Å². The molecule has 0 unspecified atom stereocenters. The quantitative estimate of drug-likeness (QED) is 0.269. The molecule has 0 saturated heterocycles. The Bertz CT molecular complexity index is 423. The van der Waals surface area contributed by atoms with E-state index in [-0.39, 0.29) is 6.47 Å². The topological polar surface area (TPSA) is 57.5 Å². The fourth-order valence-electron chi connectivity index (χ4n) is 3.37. The molecule has 3 nitrogen and oxygen atoms in total. The highest BCUT2D eigenvalue weighted by Gasteiger charge is 2.13. The summed E-state index contributed by atoms with van der Waals surface area (Å²) in [6.07, 6.45) is 21.3. The van der Waals surface area contributed by atoms with Crippen molar-refractivity contribution < 1.29 is 15.0 Å². The highest BCUT2D eigenvalue weighted by Crippen LogP contribution is 2.29. The van der Waals surface area contributed by atoms with Gasteiger partial charge in [0, 0.05) is 7.11 Å². The van der Waals surface area contributed by atoms with Gasteiger partial charge in [0.05, 0.1) is 0 Å². The van der Waals surface area contributed by atoms with Gasteiger partial charge in [0.15, 0.2) is 0 Å². The molecule has 1 aliphatic rings. The summed E-state index contributed by atoms with van der Waals surface area (Å²) in [6.45, 7) is 4.03. The molecule has 1 aromatic carbocycles. The van der Waals surface area contributed by atoms with Crippen molar-refractivity contribution in [1.29, 1.82) is 0 Å². The standard InChI is InChI=1S/C16H24.C7H14.CH2O2.CH4O/c1-3-9-15(10-4-1)11-5-2-6-12-16-13-7-8-14-16;1-3-5-7-6-4-2;2-1-3;1-2/h1,3-4,9-10,16H,2,5-8,11-14H2;3,5H,4,6-7H2,1-2H3;1H,(H,2,3);2H,1H3/b;5-3-;;. The van der Waals surface area contributed by atoms with Gasteiger partial charge in [0.1, 0.15) is 0 Å². The van der Waals surface area contributed by atoms with Crippen LogP contribution in [0.4, 0.5) is 0 Å². The van der Waals surface area contributed by atoms with Gasteiger partial charge in [-0.2, -0.15) is 0 Å². The number of rotatable bonds is 9. The number of benzene rings is 1. The highest BCUT2D eigenvalue weighted by molar-refractivity contribution is 5.32. The largest absolute Gasteiger partial charge is 0.483 e. The molecule has 28 heavy (non-hydrogen) atoms. The smallest absolute Gasteiger partial charge is 0.290 e. The fraction of sp³-hybridized carbons (Fsp3) is 0.640. The number of hydrogen-bond acceptors (Lipinski definition) is 2. The summed E-state index contributed by atoms with van der Waals surface area (Å²) in [6, 6.07) is 10.9. The first-order chi connectivity index (χ1) is 13.8. The summed E-state index contributed by atoms with van der Waals surface area (Å²) in [4.78, 5) is 8.36. The Hall–Kier alpha value is -1.61. The number of aliphatic hydroxyl groups is 1. The van der Waals surface area contributed by atoms with Crippen molar-refractivity contribution in [3.05, 3.63) is 48.0 Å². The maximum atomic E-state index is 8.36. The summed E-state index contributed by atoms with van der Waals surface area (Å²) in [5.74, 6) is 1.08. The van der Waals surface area contributed by atoms with Crippen LogP contribution in [0.3, 0.4) is 0 Å². The molecular weight excluding hydrogens is 348 g/mol. The van der Waals surface area contributed by atoms with Gasteiger partial charge < -0.3 is 10.2 Å². The molecule has 0 aliphatic heterocycles. The fourth-order valence-corrected chi connectivity index (χ4v) is 3.37. The molecule has 0 amide bonds. The number of aryl methyl sites for hydroxylation is 1. The maximum absolute atomic E-state index is 8.36. The number of hydrogen-bond donors (Lipinski definition) is 2. The van der Waals surface area contributed by atoms with E-state index in [0.29, 0.717) is 0 Å². The van der Waals surface area contributed by atoms with E-state index in [0.717, 1.165) is 13.0 Å². The van der Waals surface area contributed by atoms with Crippen LogP contribution in [0, 0.1) is 5.92 Å². The van der Waals surface area contributed by atoms with E-state index in [2.05, 4.69) is 56.3 Å². The zero-order valence-electron chi connectivity index (χ0n) is 18.5. The molecule has 1 aliphatic carbocycles. The molecular formula is C25H44O3. The highest BCUT2D eigenvalue weighted by atomic mass is 16.3. The molecule has 0 bridgehead atoms. The average molecular weight is 393 g/mol. The lowest BCUT2D eigenvalue weighted by molar-refractivity contribution is -0.122. The number of unbranched alkanes of at least 4 members (excludes halogenated alkanes) is 4. The third-order valence-corrected chi connectivity index (χ3v) is 4.86. The van der Waals surface area contributed by atoms with Gasteiger partial charge in [-0.15, -0.1) is 0 Å².